The second-order valence-electron chi connectivity index (χ2n) is 0.914. The fourth-order valence-electron chi connectivity index (χ4n) is 0.228. The van der Waals surface area contributed by atoms with Crippen LogP contribution in [0.1, 0.15) is 0 Å². The van der Waals surface area contributed by atoms with Crippen molar-refractivity contribution < 1.29 is 0 Å². The highest BCUT2D eigenvalue weighted by Crippen LogP contribution is 2.16. The van der Waals surface area contributed by atoms with Crippen LogP contribution < -0.4 is 5.73 Å². The molecule has 1 fully saturated rings. The molecule has 0 saturated heterocycles. The van der Waals surface area contributed by atoms with Crippen LogP contribution in [0.15, 0.2) is 0 Å². The first-order chi connectivity index (χ1) is 2.89. The van der Waals surface area contributed by atoms with Crippen molar-refractivity contribution in [1.29, 1.82) is 0 Å². The highest BCUT2D eigenvalue weighted by atomic mass is 14.6. The standard InChI is InChI=1S/C5H2N/c6-5-3-1-2-4-5/h6H2. The Morgan fingerprint density at radius 1 is 1.17 bits per heavy atom. The molecule has 0 aliphatic heterocycles. The van der Waals surface area contributed by atoms with E-state index in [1.807, 2.05) is 0 Å². The van der Waals surface area contributed by atoms with E-state index in [2.05, 4.69) is 25.7 Å². The highest BCUT2D eigenvalue weighted by molar-refractivity contribution is 5.32. The maximum Gasteiger partial charge on any atom is 0.0501 e. The van der Waals surface area contributed by atoms with Gasteiger partial charge in [-0.15, -0.1) is 0 Å². The van der Waals surface area contributed by atoms with Crippen molar-refractivity contribution in [3.8, 4) is 0 Å². The molecule has 0 unspecified atom stereocenters. The van der Waals surface area contributed by atoms with Gasteiger partial charge in [0.05, 0.1) is 6.04 Å². The third-order valence-electron chi connectivity index (χ3n) is 0.457. The summed E-state index contributed by atoms with van der Waals surface area (Å²) in [7, 11) is 0. The second kappa shape index (κ2) is 1.61. The lowest BCUT2D eigenvalue weighted by atomic mass is 10.3. The molecule has 1 aliphatic carbocycles. The highest BCUT2D eigenvalue weighted by Gasteiger charge is 2.12. The van der Waals surface area contributed by atoms with Crippen LogP contribution in [0.4, 0.5) is 0 Å². The van der Waals surface area contributed by atoms with Gasteiger partial charge in [-0.3, -0.25) is 0 Å². The van der Waals surface area contributed by atoms with Crippen molar-refractivity contribution in [2.24, 2.45) is 5.73 Å². The van der Waals surface area contributed by atoms with Crippen molar-refractivity contribution in [3.05, 3.63) is 31.7 Å². The molecule has 9 radical (unpaired) electrons. The zero-order valence-corrected chi connectivity index (χ0v) is 3.08. The average molecular weight is 76.1 g/mol. The van der Waals surface area contributed by atoms with E-state index < -0.39 is 0 Å². The molecule has 0 bridgehead atoms. The monoisotopic (exact) mass is 76.0 g/mol. The smallest absolute Gasteiger partial charge is 0.0501 e. The third kappa shape index (κ3) is 0.716. The van der Waals surface area contributed by atoms with E-state index in [0.29, 0.717) is 6.04 Å². The minimum absolute atomic E-state index is 0.481. The van der Waals surface area contributed by atoms with E-state index in [0.717, 1.165) is 0 Å². The van der Waals surface area contributed by atoms with Crippen LogP contribution in [0.5, 0.6) is 0 Å². The van der Waals surface area contributed by atoms with Crippen molar-refractivity contribution in [3.63, 3.8) is 0 Å². The Balaban J connectivity index is 2.18. The summed E-state index contributed by atoms with van der Waals surface area (Å²) in [6.45, 7) is 0. The molecule has 0 spiro atoms. The molecule has 1 saturated carbocycles. The topological polar surface area (TPSA) is 26.0 Å². The fourth-order valence-corrected chi connectivity index (χ4v) is 0.228. The number of hydrogen-bond acceptors (Lipinski definition) is 1. The first-order valence-electron chi connectivity index (χ1n) is 1.54. The van der Waals surface area contributed by atoms with Crippen LogP contribution >= 0.6 is 0 Å². The summed E-state index contributed by atoms with van der Waals surface area (Å²) < 4.78 is 0. The van der Waals surface area contributed by atoms with E-state index in [1.54, 1.807) is 0 Å². The lowest BCUT2D eigenvalue weighted by Gasteiger charge is -1.88. The van der Waals surface area contributed by atoms with Gasteiger partial charge in [-0.25, -0.2) is 0 Å². The van der Waals surface area contributed by atoms with Gasteiger partial charge in [0.2, 0.25) is 0 Å². The molecule has 0 heterocycles. The van der Waals surface area contributed by atoms with E-state index in [1.165, 1.54) is 0 Å². The summed E-state index contributed by atoms with van der Waals surface area (Å²) in [4.78, 5) is 0. The van der Waals surface area contributed by atoms with Crippen molar-refractivity contribution in [1.82, 2.24) is 0 Å². The Morgan fingerprint density at radius 3 is 1.83 bits per heavy atom. The number of nitrogens with two attached hydrogens (primary N) is 1. The zero-order valence-electron chi connectivity index (χ0n) is 3.08. The van der Waals surface area contributed by atoms with E-state index >= 15 is 0 Å². The molecule has 0 aromatic rings. The summed E-state index contributed by atoms with van der Waals surface area (Å²) in [5.41, 5.74) is 5.10. The quantitative estimate of drug-likeness (QED) is 0.425. The van der Waals surface area contributed by atoms with Gasteiger partial charge in [0.1, 0.15) is 0 Å². The van der Waals surface area contributed by atoms with Gasteiger partial charge in [-0.2, -0.15) is 0 Å². The van der Waals surface area contributed by atoms with E-state index in [-0.39, 0.29) is 0 Å². The molecular formula is C5H2N. The average Bonchev–Trinajstić information content (AvgIpc) is 1.86. The maximum atomic E-state index is 5.10. The molecular weight excluding hydrogens is 74.1 g/mol. The van der Waals surface area contributed by atoms with Crippen LogP contribution in [0.2, 0.25) is 0 Å². The number of hydrogen-bond donors (Lipinski definition) is 1. The minimum atomic E-state index is 0.481. The maximum absolute atomic E-state index is 5.10. The summed E-state index contributed by atoms with van der Waals surface area (Å²) in [5.74, 6) is 0. The Labute approximate surface area is 38.5 Å². The van der Waals surface area contributed by atoms with Crippen LogP contribution in [-0.2, 0) is 0 Å². The molecule has 1 aliphatic rings. The zero-order chi connectivity index (χ0) is 4.41. The van der Waals surface area contributed by atoms with Gasteiger partial charge in [-0.1, -0.05) is 0 Å². The Kier molecular flexibility index (Phi) is 1.10. The molecule has 2 N–H and O–H groups in total. The summed E-state index contributed by atoms with van der Waals surface area (Å²) in [5, 5.41) is 0. The Bertz CT molecular complexity index is 37.2. The largest absolute Gasteiger partial charge is 0.322 e. The van der Waals surface area contributed by atoms with Gasteiger partial charge in [0.15, 0.2) is 0 Å². The molecule has 0 atom stereocenters. The minimum Gasteiger partial charge on any atom is -0.322 e. The Hall–Kier alpha value is -0.0400. The Morgan fingerprint density at radius 2 is 1.67 bits per heavy atom. The summed E-state index contributed by atoms with van der Waals surface area (Å²) in [6, 6.07) is 0.481. The molecule has 1 nitrogen and oxygen atoms in total. The van der Waals surface area contributed by atoms with Crippen molar-refractivity contribution in [2.45, 2.75) is 0 Å². The van der Waals surface area contributed by atoms with Crippen molar-refractivity contribution >= 4 is 0 Å². The van der Waals surface area contributed by atoms with E-state index in [4.69, 9.17) is 5.73 Å². The molecule has 0 aromatic heterocycles. The first-order valence-corrected chi connectivity index (χ1v) is 1.54. The second-order valence-corrected chi connectivity index (χ2v) is 0.914. The molecule has 0 amide bonds. The van der Waals surface area contributed by atoms with Gasteiger partial charge in [-0.05, 0) is 0 Å². The molecule has 1 rings (SSSR count). The van der Waals surface area contributed by atoms with E-state index in [9.17, 15) is 0 Å². The summed E-state index contributed by atoms with van der Waals surface area (Å²) >= 11 is 0. The predicted octanol–water partition coefficient (Wildman–Crippen LogP) is -0.184. The number of rotatable bonds is 0. The predicted molar refractivity (Wildman–Crippen MR) is 20.4 cm³/mol. The van der Waals surface area contributed by atoms with Crippen LogP contribution in [0, 0.1) is 31.7 Å². The molecule has 27 valence electrons. The lowest BCUT2D eigenvalue weighted by molar-refractivity contribution is 1.18. The lowest BCUT2D eigenvalue weighted by Crippen LogP contribution is -2.03. The SMILES string of the molecule is N[C]1[C][C][C][C]1. The van der Waals surface area contributed by atoms with Gasteiger partial charge >= 0.3 is 0 Å². The molecule has 6 heavy (non-hydrogen) atoms. The molecule has 0 aromatic carbocycles. The van der Waals surface area contributed by atoms with Crippen LogP contribution in [0.3, 0.4) is 0 Å². The normalized spacial score (nSPS) is 25.5. The van der Waals surface area contributed by atoms with Gasteiger partial charge in [0, 0.05) is 25.7 Å². The van der Waals surface area contributed by atoms with Crippen LogP contribution in [-0.4, -0.2) is 0 Å². The van der Waals surface area contributed by atoms with Crippen LogP contribution in [0.25, 0.3) is 0 Å². The molecule has 1 heteroatoms. The summed E-state index contributed by atoms with van der Waals surface area (Å²) in [6.07, 6.45) is 10.1. The van der Waals surface area contributed by atoms with Gasteiger partial charge in [0.25, 0.3) is 0 Å². The third-order valence-corrected chi connectivity index (χ3v) is 0.457. The first kappa shape index (κ1) is 4.13. The van der Waals surface area contributed by atoms with Crippen molar-refractivity contribution in [2.75, 3.05) is 0 Å². The van der Waals surface area contributed by atoms with Gasteiger partial charge < -0.3 is 5.73 Å². The fraction of sp³-hybridized carbons (Fsp3) is 0.